The minimum Gasteiger partial charge on any atom is -0.490 e. The van der Waals surface area contributed by atoms with Crippen molar-refractivity contribution in [3.63, 3.8) is 0 Å². The third-order valence-corrected chi connectivity index (χ3v) is 8.82. The number of carbonyl (C=O) groups excluding carboxylic acids is 1. The van der Waals surface area contributed by atoms with E-state index in [1.807, 2.05) is 17.5 Å². The molecule has 1 aliphatic rings. The number of thiophene rings is 1. The molecule has 7 rings (SSSR count). The second kappa shape index (κ2) is 12.2. The molecular weight excluding hydrogens is 589 g/mol. The lowest BCUT2D eigenvalue weighted by molar-refractivity contribution is -0.111. The number of H-pyrrole nitrogens is 1. The largest absolute Gasteiger partial charge is 0.490 e. The molecule has 0 fully saturated rings. The number of imidazole rings is 1. The Morgan fingerprint density at radius 1 is 1.07 bits per heavy atom. The Kier molecular flexibility index (Phi) is 7.85. The van der Waals surface area contributed by atoms with Gasteiger partial charge in [-0.25, -0.2) is 14.4 Å². The number of halogens is 1. The Balaban J connectivity index is 1.46. The van der Waals surface area contributed by atoms with E-state index in [1.165, 1.54) is 29.3 Å². The number of ether oxygens (including phenoxy) is 2. The van der Waals surface area contributed by atoms with Crippen molar-refractivity contribution < 1.29 is 18.7 Å². The van der Waals surface area contributed by atoms with Crippen LogP contribution in [0.3, 0.4) is 0 Å². The molecule has 1 aliphatic heterocycles. The average Bonchev–Trinajstić information content (AvgIpc) is 3.72. The molecule has 0 unspecified atom stereocenters. The SMILES string of the molecule is C=CC(=O)Nc1ccc2nc(-c3nc(-c4ccc5c(c4)CCNC5)c4ccsc4c3-c3ccc(F)cc3OCCOC)[nH]c2c1. The Hall–Kier alpha value is -4.90. The maximum absolute atomic E-state index is 14.6. The summed E-state index contributed by atoms with van der Waals surface area (Å²) in [4.78, 5) is 25.6. The summed E-state index contributed by atoms with van der Waals surface area (Å²) in [7, 11) is 1.60. The topological polar surface area (TPSA) is 101 Å². The fourth-order valence-electron chi connectivity index (χ4n) is 5.74. The molecule has 0 saturated heterocycles. The van der Waals surface area contributed by atoms with Crippen molar-refractivity contribution in [2.24, 2.45) is 0 Å². The zero-order valence-corrected chi connectivity index (χ0v) is 25.4. The number of benzene rings is 3. The lowest BCUT2D eigenvalue weighted by atomic mass is 9.94. The summed E-state index contributed by atoms with van der Waals surface area (Å²) in [6.45, 7) is 5.94. The Labute approximate surface area is 262 Å². The quantitative estimate of drug-likeness (QED) is 0.118. The number of hydrogen-bond donors (Lipinski definition) is 3. The van der Waals surface area contributed by atoms with E-state index < -0.39 is 5.82 Å². The number of nitrogens with zero attached hydrogens (tertiary/aromatic N) is 2. The highest BCUT2D eigenvalue weighted by Crippen LogP contribution is 2.46. The first kappa shape index (κ1) is 28.8. The van der Waals surface area contributed by atoms with Crippen LogP contribution >= 0.6 is 11.3 Å². The van der Waals surface area contributed by atoms with Crippen LogP contribution in [0.25, 0.3) is 55.0 Å². The molecule has 8 nitrogen and oxygen atoms in total. The number of aromatic amines is 1. The average molecular weight is 620 g/mol. The summed E-state index contributed by atoms with van der Waals surface area (Å²) >= 11 is 1.59. The van der Waals surface area contributed by atoms with Gasteiger partial charge in [-0.2, -0.15) is 0 Å². The van der Waals surface area contributed by atoms with Crippen molar-refractivity contribution in [1.29, 1.82) is 0 Å². The van der Waals surface area contributed by atoms with Crippen LogP contribution in [0.1, 0.15) is 11.1 Å². The molecule has 4 heterocycles. The number of carbonyl (C=O) groups is 1. The lowest BCUT2D eigenvalue weighted by Gasteiger charge is -2.19. The van der Waals surface area contributed by atoms with Gasteiger partial charge in [0.05, 0.1) is 23.3 Å². The van der Waals surface area contributed by atoms with Gasteiger partial charge < -0.3 is 25.1 Å². The van der Waals surface area contributed by atoms with Gasteiger partial charge in [-0.3, -0.25) is 4.79 Å². The molecule has 0 atom stereocenters. The van der Waals surface area contributed by atoms with E-state index in [1.54, 1.807) is 30.6 Å². The van der Waals surface area contributed by atoms with Gasteiger partial charge in [-0.05, 0) is 78.0 Å². The number of nitrogens with one attached hydrogen (secondary N) is 3. The lowest BCUT2D eigenvalue weighted by Crippen LogP contribution is -2.23. The zero-order chi connectivity index (χ0) is 30.9. The van der Waals surface area contributed by atoms with E-state index in [9.17, 15) is 9.18 Å². The summed E-state index contributed by atoms with van der Waals surface area (Å²) in [6.07, 6.45) is 2.18. The van der Waals surface area contributed by atoms with E-state index in [0.29, 0.717) is 40.6 Å². The monoisotopic (exact) mass is 619 g/mol. The second-order valence-corrected chi connectivity index (χ2v) is 11.7. The molecule has 0 radical (unpaired) electrons. The van der Waals surface area contributed by atoms with Crippen LogP contribution < -0.4 is 15.4 Å². The molecule has 10 heteroatoms. The fourth-order valence-corrected chi connectivity index (χ4v) is 6.70. The van der Waals surface area contributed by atoms with Gasteiger partial charge in [0.25, 0.3) is 0 Å². The van der Waals surface area contributed by atoms with Gasteiger partial charge in [0, 0.05) is 52.2 Å². The van der Waals surface area contributed by atoms with Crippen LogP contribution in [-0.4, -0.2) is 47.7 Å². The molecule has 0 spiro atoms. The number of pyridine rings is 1. The molecule has 0 bridgehead atoms. The molecule has 3 aromatic heterocycles. The number of fused-ring (bicyclic) bond motifs is 3. The number of anilines is 1. The standard InChI is InChI=1S/C35H30FN5O3S/c1-3-30(42)38-24-7-9-27-28(18-24)40-35(39-27)33-31(25-8-6-23(36)17-29(25)44-14-13-43-2)34-26(11-15-45-34)32(41-33)21-4-5-22-19-37-12-10-20(22)16-21/h3-9,11,15-18,37H,1,10,12-14,19H2,2H3,(H,38,42)(H,39,40). The van der Waals surface area contributed by atoms with Crippen LogP contribution in [0.5, 0.6) is 5.75 Å². The van der Waals surface area contributed by atoms with E-state index in [2.05, 4.69) is 46.5 Å². The van der Waals surface area contributed by atoms with Crippen LogP contribution in [0.2, 0.25) is 0 Å². The predicted octanol–water partition coefficient (Wildman–Crippen LogP) is 7.11. The maximum atomic E-state index is 14.6. The third-order valence-electron chi connectivity index (χ3n) is 7.89. The van der Waals surface area contributed by atoms with E-state index in [0.717, 1.165) is 51.9 Å². The smallest absolute Gasteiger partial charge is 0.247 e. The van der Waals surface area contributed by atoms with Crippen LogP contribution in [0.4, 0.5) is 10.1 Å². The zero-order valence-electron chi connectivity index (χ0n) is 24.6. The number of rotatable bonds is 9. The predicted molar refractivity (Wildman–Crippen MR) is 177 cm³/mol. The van der Waals surface area contributed by atoms with Crippen LogP contribution in [0, 0.1) is 5.82 Å². The molecule has 6 aromatic rings. The number of methoxy groups -OCH3 is 1. The molecule has 226 valence electrons. The number of aromatic nitrogens is 3. The summed E-state index contributed by atoms with van der Waals surface area (Å²) < 4.78 is 26.8. The van der Waals surface area contributed by atoms with Gasteiger partial charge in [0.1, 0.15) is 23.9 Å². The van der Waals surface area contributed by atoms with Crippen molar-refractivity contribution in [2.45, 2.75) is 13.0 Å². The number of amides is 1. The summed E-state index contributed by atoms with van der Waals surface area (Å²) in [6, 6.07) is 18.6. The fraction of sp³-hybridized carbons (Fsp3) is 0.171. The Morgan fingerprint density at radius 3 is 2.84 bits per heavy atom. The van der Waals surface area contributed by atoms with Crippen molar-refractivity contribution in [3.8, 4) is 39.7 Å². The van der Waals surface area contributed by atoms with Gasteiger partial charge in [-0.15, -0.1) is 11.3 Å². The molecule has 45 heavy (non-hydrogen) atoms. The molecular formula is C35H30FN5O3S. The molecule has 3 N–H and O–H groups in total. The van der Waals surface area contributed by atoms with Gasteiger partial charge in [-0.1, -0.05) is 18.7 Å². The summed E-state index contributed by atoms with van der Waals surface area (Å²) in [5.74, 6) is 0.229. The normalized spacial score (nSPS) is 12.8. The van der Waals surface area contributed by atoms with Crippen molar-refractivity contribution >= 4 is 44.1 Å². The minimum absolute atomic E-state index is 0.259. The van der Waals surface area contributed by atoms with Crippen LogP contribution in [-0.2, 0) is 22.5 Å². The molecule has 0 saturated carbocycles. The molecule has 1 amide bonds. The van der Waals surface area contributed by atoms with Gasteiger partial charge >= 0.3 is 0 Å². The Morgan fingerprint density at radius 2 is 1.98 bits per heavy atom. The highest BCUT2D eigenvalue weighted by atomic mass is 32.1. The van der Waals surface area contributed by atoms with E-state index >= 15 is 0 Å². The molecule has 0 aliphatic carbocycles. The van der Waals surface area contributed by atoms with Gasteiger partial charge in [0.2, 0.25) is 5.91 Å². The van der Waals surface area contributed by atoms with E-state index in [4.69, 9.17) is 19.4 Å². The van der Waals surface area contributed by atoms with Crippen molar-refractivity contribution in [3.05, 3.63) is 95.6 Å². The minimum atomic E-state index is -0.402. The first-order chi connectivity index (χ1) is 22.0. The van der Waals surface area contributed by atoms with E-state index in [-0.39, 0.29) is 12.5 Å². The first-order valence-electron chi connectivity index (χ1n) is 14.6. The summed E-state index contributed by atoms with van der Waals surface area (Å²) in [5.41, 5.74) is 8.61. The van der Waals surface area contributed by atoms with Crippen molar-refractivity contribution in [1.82, 2.24) is 20.3 Å². The van der Waals surface area contributed by atoms with Crippen molar-refractivity contribution in [2.75, 3.05) is 32.2 Å². The number of hydrogen-bond acceptors (Lipinski definition) is 7. The van der Waals surface area contributed by atoms with Crippen LogP contribution in [0.15, 0.2) is 78.7 Å². The highest BCUT2D eigenvalue weighted by Gasteiger charge is 2.24. The first-order valence-corrected chi connectivity index (χ1v) is 15.5. The maximum Gasteiger partial charge on any atom is 0.247 e. The summed E-state index contributed by atoms with van der Waals surface area (Å²) in [5, 5.41) is 9.28. The Bertz CT molecular complexity index is 2090. The third kappa shape index (κ3) is 5.59. The molecule has 3 aromatic carbocycles. The van der Waals surface area contributed by atoms with Gasteiger partial charge in [0.15, 0.2) is 5.82 Å². The second-order valence-electron chi connectivity index (χ2n) is 10.8. The highest BCUT2D eigenvalue weighted by molar-refractivity contribution is 7.18.